The van der Waals surface area contributed by atoms with Gasteiger partial charge in [0, 0.05) is 52.6 Å². The summed E-state index contributed by atoms with van der Waals surface area (Å²) < 4.78 is 38.7. The molecule has 1 spiro atoms. The van der Waals surface area contributed by atoms with Gasteiger partial charge in [-0.15, -0.1) is 0 Å². The van der Waals surface area contributed by atoms with Crippen LogP contribution in [0.25, 0.3) is 0 Å². The standard InChI is InChI=1S/C15H23N3O4S/c1-17(2)23(19,20)18-11-15(12-18)8-14(5-7-22-15)21-10-13-4-3-6-16-9-13/h3-4,6,9,14H,5,7-8,10-12H2,1-2H3. The Bertz CT molecular complexity index is 629. The molecule has 128 valence electrons. The average Bonchev–Trinajstić information content (AvgIpc) is 2.51. The molecule has 0 saturated carbocycles. The Hall–Kier alpha value is -1.06. The normalized spacial score (nSPS) is 24.7. The van der Waals surface area contributed by atoms with Crippen LogP contribution < -0.4 is 0 Å². The van der Waals surface area contributed by atoms with E-state index >= 15 is 0 Å². The second-order valence-corrected chi connectivity index (χ2v) is 8.52. The highest BCUT2D eigenvalue weighted by Crippen LogP contribution is 2.37. The molecule has 1 unspecified atom stereocenters. The number of rotatable bonds is 5. The van der Waals surface area contributed by atoms with Crippen LogP contribution in [0.1, 0.15) is 18.4 Å². The van der Waals surface area contributed by atoms with Crippen molar-refractivity contribution in [3.8, 4) is 0 Å². The number of nitrogens with zero attached hydrogens (tertiary/aromatic N) is 3. The first kappa shape index (κ1) is 16.8. The SMILES string of the molecule is CN(C)S(=O)(=O)N1CC2(CC(OCc3cccnc3)CCO2)C1. The average molecular weight is 341 g/mol. The van der Waals surface area contributed by atoms with Gasteiger partial charge in [0.25, 0.3) is 10.2 Å². The van der Waals surface area contributed by atoms with Crippen molar-refractivity contribution in [2.45, 2.75) is 31.2 Å². The van der Waals surface area contributed by atoms with Gasteiger partial charge in [-0.3, -0.25) is 4.98 Å². The van der Waals surface area contributed by atoms with Crippen molar-refractivity contribution in [2.75, 3.05) is 33.8 Å². The molecule has 2 fully saturated rings. The van der Waals surface area contributed by atoms with E-state index in [0.717, 1.165) is 18.4 Å². The van der Waals surface area contributed by atoms with Crippen LogP contribution in [0.5, 0.6) is 0 Å². The molecule has 7 nitrogen and oxygen atoms in total. The Kier molecular flexibility index (Phi) is 4.70. The van der Waals surface area contributed by atoms with E-state index < -0.39 is 10.2 Å². The van der Waals surface area contributed by atoms with Crippen molar-refractivity contribution in [1.82, 2.24) is 13.6 Å². The Morgan fingerprint density at radius 1 is 1.48 bits per heavy atom. The van der Waals surface area contributed by atoms with Gasteiger partial charge in [-0.2, -0.15) is 17.0 Å². The van der Waals surface area contributed by atoms with Crippen molar-refractivity contribution >= 4 is 10.2 Å². The summed E-state index contributed by atoms with van der Waals surface area (Å²) >= 11 is 0. The first-order chi connectivity index (χ1) is 10.9. The fourth-order valence-electron chi connectivity index (χ4n) is 3.03. The summed E-state index contributed by atoms with van der Waals surface area (Å²) in [5.41, 5.74) is 0.652. The number of ether oxygens (including phenoxy) is 2. The van der Waals surface area contributed by atoms with Crippen molar-refractivity contribution in [2.24, 2.45) is 0 Å². The van der Waals surface area contributed by atoms with Crippen LogP contribution in [0.2, 0.25) is 0 Å². The van der Waals surface area contributed by atoms with Crippen molar-refractivity contribution in [1.29, 1.82) is 0 Å². The molecule has 0 radical (unpaired) electrons. The summed E-state index contributed by atoms with van der Waals surface area (Å²) in [6.45, 7) is 1.93. The van der Waals surface area contributed by atoms with Crippen LogP contribution in [-0.4, -0.2) is 67.5 Å². The summed E-state index contributed by atoms with van der Waals surface area (Å²) in [5, 5.41) is 0. The molecule has 0 bridgehead atoms. The number of aromatic nitrogens is 1. The van der Waals surface area contributed by atoms with Crippen LogP contribution in [0.4, 0.5) is 0 Å². The molecule has 2 saturated heterocycles. The zero-order valence-electron chi connectivity index (χ0n) is 13.5. The van der Waals surface area contributed by atoms with Crippen molar-refractivity contribution < 1.29 is 17.9 Å². The van der Waals surface area contributed by atoms with E-state index in [1.165, 1.54) is 8.61 Å². The first-order valence-corrected chi connectivity index (χ1v) is 9.13. The second kappa shape index (κ2) is 6.45. The lowest BCUT2D eigenvalue weighted by Gasteiger charge is -2.52. The molecule has 0 N–H and O–H groups in total. The van der Waals surface area contributed by atoms with E-state index in [-0.39, 0.29) is 11.7 Å². The number of pyridine rings is 1. The van der Waals surface area contributed by atoms with E-state index in [9.17, 15) is 8.42 Å². The van der Waals surface area contributed by atoms with Crippen LogP contribution >= 0.6 is 0 Å². The third kappa shape index (κ3) is 3.56. The molecule has 0 aromatic carbocycles. The third-order valence-electron chi connectivity index (χ3n) is 4.37. The zero-order valence-corrected chi connectivity index (χ0v) is 14.3. The Morgan fingerprint density at radius 2 is 2.26 bits per heavy atom. The molecule has 1 aromatic rings. The molecular formula is C15H23N3O4S. The minimum atomic E-state index is -3.35. The van der Waals surface area contributed by atoms with E-state index in [2.05, 4.69) is 4.98 Å². The van der Waals surface area contributed by atoms with Gasteiger partial charge in [0.1, 0.15) is 0 Å². The molecule has 0 amide bonds. The lowest BCUT2D eigenvalue weighted by Crippen LogP contribution is -2.68. The number of hydrogen-bond donors (Lipinski definition) is 0. The smallest absolute Gasteiger partial charge is 0.281 e. The fraction of sp³-hybridized carbons (Fsp3) is 0.667. The van der Waals surface area contributed by atoms with E-state index in [4.69, 9.17) is 9.47 Å². The maximum atomic E-state index is 12.1. The highest BCUT2D eigenvalue weighted by atomic mass is 32.2. The Balaban J connectivity index is 1.54. The number of hydrogen-bond acceptors (Lipinski definition) is 5. The molecule has 2 aliphatic heterocycles. The van der Waals surface area contributed by atoms with Crippen LogP contribution in [0.3, 0.4) is 0 Å². The molecule has 2 aliphatic rings. The lowest BCUT2D eigenvalue weighted by molar-refractivity contribution is -0.181. The maximum absolute atomic E-state index is 12.1. The second-order valence-electron chi connectivity index (χ2n) is 6.38. The summed E-state index contributed by atoms with van der Waals surface area (Å²) in [7, 11) is -0.264. The lowest BCUT2D eigenvalue weighted by atomic mass is 9.86. The van der Waals surface area contributed by atoms with Crippen molar-refractivity contribution in [3.05, 3.63) is 30.1 Å². The van der Waals surface area contributed by atoms with Crippen molar-refractivity contribution in [3.63, 3.8) is 0 Å². The van der Waals surface area contributed by atoms with Crippen LogP contribution in [-0.2, 0) is 26.3 Å². The molecule has 1 atom stereocenters. The van der Waals surface area contributed by atoms with E-state index in [1.807, 2.05) is 12.1 Å². The minimum absolute atomic E-state index is 0.0909. The molecular weight excluding hydrogens is 318 g/mol. The maximum Gasteiger partial charge on any atom is 0.281 e. The first-order valence-electron chi connectivity index (χ1n) is 7.73. The molecule has 23 heavy (non-hydrogen) atoms. The van der Waals surface area contributed by atoms with Crippen LogP contribution in [0.15, 0.2) is 24.5 Å². The van der Waals surface area contributed by atoms with Gasteiger partial charge in [0.05, 0.1) is 18.3 Å². The minimum Gasteiger partial charge on any atom is -0.373 e. The largest absolute Gasteiger partial charge is 0.373 e. The van der Waals surface area contributed by atoms with E-state index in [0.29, 0.717) is 26.3 Å². The van der Waals surface area contributed by atoms with Crippen LogP contribution in [0, 0.1) is 0 Å². The Labute approximate surface area is 137 Å². The van der Waals surface area contributed by atoms with Gasteiger partial charge in [-0.05, 0) is 18.1 Å². The van der Waals surface area contributed by atoms with Gasteiger partial charge in [0.2, 0.25) is 0 Å². The third-order valence-corrected chi connectivity index (χ3v) is 6.21. The van der Waals surface area contributed by atoms with Gasteiger partial charge in [0.15, 0.2) is 0 Å². The topological polar surface area (TPSA) is 72.0 Å². The molecule has 1 aromatic heterocycles. The summed E-state index contributed by atoms with van der Waals surface area (Å²) in [4.78, 5) is 4.08. The van der Waals surface area contributed by atoms with Gasteiger partial charge < -0.3 is 9.47 Å². The fourth-order valence-corrected chi connectivity index (χ4v) is 4.29. The molecule has 3 rings (SSSR count). The van der Waals surface area contributed by atoms with Gasteiger partial charge in [-0.1, -0.05) is 6.07 Å². The monoisotopic (exact) mass is 341 g/mol. The highest BCUT2D eigenvalue weighted by molar-refractivity contribution is 7.86. The quantitative estimate of drug-likeness (QED) is 0.786. The Morgan fingerprint density at radius 3 is 2.91 bits per heavy atom. The van der Waals surface area contributed by atoms with Gasteiger partial charge in [-0.25, -0.2) is 0 Å². The summed E-state index contributed by atoms with van der Waals surface area (Å²) in [6, 6.07) is 3.87. The van der Waals surface area contributed by atoms with Gasteiger partial charge >= 0.3 is 0 Å². The molecule has 8 heteroatoms. The predicted octanol–water partition coefficient (Wildman–Crippen LogP) is 0.638. The predicted molar refractivity (Wildman–Crippen MR) is 84.9 cm³/mol. The highest BCUT2D eigenvalue weighted by Gasteiger charge is 2.52. The van der Waals surface area contributed by atoms with E-state index in [1.54, 1.807) is 26.5 Å². The zero-order chi connectivity index (χ0) is 16.5. The summed E-state index contributed by atoms with van der Waals surface area (Å²) in [5.74, 6) is 0. The molecule has 0 aliphatic carbocycles. The summed E-state index contributed by atoms with van der Waals surface area (Å²) in [6.07, 6.45) is 5.19. The molecule has 3 heterocycles.